The Bertz CT molecular complexity index is 787. The molecule has 4 N–H and O–H groups in total. The summed E-state index contributed by atoms with van der Waals surface area (Å²) in [6, 6.07) is 0.160. The van der Waals surface area contributed by atoms with Crippen molar-refractivity contribution in [2.75, 3.05) is 29.9 Å². The maximum Gasteiger partial charge on any atom is 0.253 e. The minimum absolute atomic E-state index is 0.0975. The molecule has 0 spiro atoms. The van der Waals surface area contributed by atoms with Gasteiger partial charge in [-0.05, 0) is 41.6 Å². The molecule has 0 saturated carbocycles. The fourth-order valence-electron chi connectivity index (χ4n) is 3.67. The number of rotatable bonds is 3. The average molecular weight is 408 g/mol. The highest BCUT2D eigenvalue weighted by molar-refractivity contribution is 9.10. The summed E-state index contributed by atoms with van der Waals surface area (Å²) in [6.45, 7) is 2.38. The number of piperidine rings is 1. The van der Waals surface area contributed by atoms with Gasteiger partial charge < -0.3 is 25.7 Å². The van der Waals surface area contributed by atoms with Crippen LogP contribution in [0.25, 0.3) is 11.0 Å². The Morgan fingerprint density at radius 2 is 2.32 bits per heavy atom. The molecule has 2 fully saturated rings. The third-order valence-electron chi connectivity index (χ3n) is 4.88. The molecule has 2 atom stereocenters. The van der Waals surface area contributed by atoms with E-state index in [9.17, 15) is 4.79 Å². The van der Waals surface area contributed by atoms with Crippen molar-refractivity contribution in [3.05, 3.63) is 16.9 Å². The zero-order valence-corrected chi connectivity index (χ0v) is 15.5. The van der Waals surface area contributed by atoms with E-state index < -0.39 is 0 Å². The van der Waals surface area contributed by atoms with E-state index in [4.69, 9.17) is 10.5 Å². The van der Waals surface area contributed by atoms with Gasteiger partial charge in [-0.3, -0.25) is 4.79 Å². The highest BCUT2D eigenvalue weighted by atomic mass is 79.9. The van der Waals surface area contributed by atoms with E-state index in [0.29, 0.717) is 6.61 Å². The van der Waals surface area contributed by atoms with Gasteiger partial charge in [-0.2, -0.15) is 0 Å². The fraction of sp³-hybridized carbons (Fsp3) is 0.529. The van der Waals surface area contributed by atoms with Gasteiger partial charge in [-0.25, -0.2) is 4.98 Å². The van der Waals surface area contributed by atoms with Crippen LogP contribution in [0.1, 0.15) is 25.7 Å². The van der Waals surface area contributed by atoms with E-state index >= 15 is 0 Å². The molecule has 0 bridgehead atoms. The van der Waals surface area contributed by atoms with Gasteiger partial charge in [0.1, 0.15) is 11.8 Å². The lowest BCUT2D eigenvalue weighted by Gasteiger charge is -2.33. The van der Waals surface area contributed by atoms with Crippen LogP contribution in [0, 0.1) is 0 Å². The molecule has 0 aromatic carbocycles. The Morgan fingerprint density at radius 3 is 3.08 bits per heavy atom. The molecular weight excluding hydrogens is 386 g/mol. The standard InChI is InChI=1S/C17H22BrN5O2/c18-11-7-20-16-14(15(11)23-5-1-3-10(19)9-23)12(8-21-16)22-17(24)13-4-2-6-25-13/h7-8,10,13H,1-6,9,19H2,(H,20,21)(H,22,24)/t10-,13?/m1/s1. The number of nitrogens with zero attached hydrogens (tertiary/aromatic N) is 2. The molecule has 2 saturated heterocycles. The van der Waals surface area contributed by atoms with Crippen molar-refractivity contribution >= 4 is 44.2 Å². The number of aromatic amines is 1. The summed E-state index contributed by atoms with van der Waals surface area (Å²) in [6.07, 6.45) is 7.01. The van der Waals surface area contributed by atoms with Crippen LogP contribution in [0.15, 0.2) is 16.9 Å². The number of fused-ring (bicyclic) bond motifs is 1. The lowest BCUT2D eigenvalue weighted by atomic mass is 10.1. The monoisotopic (exact) mass is 407 g/mol. The number of nitrogens with two attached hydrogens (primary N) is 1. The quantitative estimate of drug-likeness (QED) is 0.725. The van der Waals surface area contributed by atoms with Gasteiger partial charge in [-0.15, -0.1) is 0 Å². The van der Waals surface area contributed by atoms with E-state index in [2.05, 4.69) is 36.1 Å². The van der Waals surface area contributed by atoms with Gasteiger partial charge in [0.2, 0.25) is 0 Å². The fourth-order valence-corrected chi connectivity index (χ4v) is 4.23. The van der Waals surface area contributed by atoms with Crippen molar-refractivity contribution in [1.29, 1.82) is 0 Å². The summed E-state index contributed by atoms with van der Waals surface area (Å²) in [4.78, 5) is 22.3. The number of nitrogens with one attached hydrogen (secondary N) is 2. The smallest absolute Gasteiger partial charge is 0.253 e. The second-order valence-electron chi connectivity index (χ2n) is 6.72. The van der Waals surface area contributed by atoms with Crippen LogP contribution in [0.5, 0.6) is 0 Å². The third kappa shape index (κ3) is 3.26. The molecule has 7 nitrogen and oxygen atoms in total. The van der Waals surface area contributed by atoms with Gasteiger partial charge in [0.15, 0.2) is 0 Å². The SMILES string of the molecule is N[C@@H]1CCCN(c2c(Br)cnc3[nH]cc(NC(=O)C4CCCO4)c23)C1. The number of carbonyl (C=O) groups is 1. The summed E-state index contributed by atoms with van der Waals surface area (Å²) in [7, 11) is 0. The second kappa shape index (κ2) is 6.93. The lowest BCUT2D eigenvalue weighted by Crippen LogP contribution is -2.43. The van der Waals surface area contributed by atoms with Crippen LogP contribution in [-0.4, -0.2) is 47.7 Å². The molecule has 2 aliphatic heterocycles. The van der Waals surface area contributed by atoms with Crippen LogP contribution in [0.2, 0.25) is 0 Å². The molecule has 0 radical (unpaired) electrons. The van der Waals surface area contributed by atoms with Gasteiger partial charge >= 0.3 is 0 Å². The number of carbonyl (C=O) groups excluding carboxylic acids is 1. The topological polar surface area (TPSA) is 96.3 Å². The maximum atomic E-state index is 12.5. The number of amides is 1. The molecule has 2 aromatic heterocycles. The van der Waals surface area contributed by atoms with Crippen molar-refractivity contribution in [1.82, 2.24) is 9.97 Å². The first-order valence-corrected chi connectivity index (χ1v) is 9.51. The van der Waals surface area contributed by atoms with Crippen LogP contribution in [0.4, 0.5) is 11.4 Å². The molecule has 134 valence electrons. The molecule has 0 aliphatic carbocycles. The summed E-state index contributed by atoms with van der Waals surface area (Å²) >= 11 is 3.63. The number of ether oxygens (including phenoxy) is 1. The minimum atomic E-state index is -0.364. The van der Waals surface area contributed by atoms with Crippen molar-refractivity contribution in [2.24, 2.45) is 5.73 Å². The maximum absolute atomic E-state index is 12.5. The van der Waals surface area contributed by atoms with Gasteiger partial charge in [0.05, 0.1) is 21.2 Å². The van der Waals surface area contributed by atoms with Gasteiger partial charge in [0.25, 0.3) is 5.91 Å². The molecule has 4 heterocycles. The first-order chi connectivity index (χ1) is 12.1. The highest BCUT2D eigenvalue weighted by Crippen LogP contribution is 2.39. The summed E-state index contributed by atoms with van der Waals surface area (Å²) in [5.41, 5.74) is 8.68. The van der Waals surface area contributed by atoms with E-state index in [-0.39, 0.29) is 18.1 Å². The average Bonchev–Trinajstić information content (AvgIpc) is 3.25. The predicted molar refractivity (Wildman–Crippen MR) is 101 cm³/mol. The molecule has 8 heteroatoms. The second-order valence-corrected chi connectivity index (χ2v) is 7.57. The highest BCUT2D eigenvalue weighted by Gasteiger charge is 2.27. The van der Waals surface area contributed by atoms with Crippen molar-refractivity contribution in [3.63, 3.8) is 0 Å². The molecule has 1 amide bonds. The number of anilines is 2. The summed E-state index contributed by atoms with van der Waals surface area (Å²) in [5.74, 6) is -0.0975. The summed E-state index contributed by atoms with van der Waals surface area (Å²) in [5, 5.41) is 3.92. The lowest BCUT2D eigenvalue weighted by molar-refractivity contribution is -0.124. The molecular formula is C17H22BrN5O2. The Balaban J connectivity index is 1.70. The van der Waals surface area contributed by atoms with Crippen molar-refractivity contribution in [2.45, 2.75) is 37.8 Å². The molecule has 4 rings (SSSR count). The number of aromatic nitrogens is 2. The Hall–Kier alpha value is -1.64. The van der Waals surface area contributed by atoms with E-state index in [1.54, 1.807) is 12.4 Å². The van der Waals surface area contributed by atoms with E-state index in [1.165, 1.54) is 0 Å². The Kier molecular flexibility index (Phi) is 4.66. The largest absolute Gasteiger partial charge is 0.368 e. The molecule has 2 aromatic rings. The van der Waals surface area contributed by atoms with Crippen LogP contribution < -0.4 is 16.0 Å². The number of halogens is 1. The number of H-pyrrole nitrogens is 1. The minimum Gasteiger partial charge on any atom is -0.368 e. The van der Waals surface area contributed by atoms with Gasteiger partial charge in [-0.1, -0.05) is 0 Å². The number of hydrogen-bond acceptors (Lipinski definition) is 5. The van der Waals surface area contributed by atoms with Crippen LogP contribution >= 0.6 is 15.9 Å². The van der Waals surface area contributed by atoms with Gasteiger partial charge in [0, 0.05) is 38.1 Å². The van der Waals surface area contributed by atoms with Crippen molar-refractivity contribution in [3.8, 4) is 0 Å². The van der Waals surface area contributed by atoms with E-state index in [0.717, 1.165) is 65.7 Å². The first-order valence-electron chi connectivity index (χ1n) is 8.72. The predicted octanol–water partition coefficient (Wildman–Crippen LogP) is 2.37. The number of pyridine rings is 1. The number of hydrogen-bond donors (Lipinski definition) is 3. The van der Waals surface area contributed by atoms with Crippen molar-refractivity contribution < 1.29 is 9.53 Å². The van der Waals surface area contributed by atoms with Crippen LogP contribution in [-0.2, 0) is 9.53 Å². The van der Waals surface area contributed by atoms with E-state index in [1.807, 2.05) is 0 Å². The zero-order valence-electron chi connectivity index (χ0n) is 13.9. The zero-order chi connectivity index (χ0) is 17.4. The third-order valence-corrected chi connectivity index (χ3v) is 5.46. The normalized spacial score (nSPS) is 24.0. The first kappa shape index (κ1) is 16.8. The molecule has 2 aliphatic rings. The Labute approximate surface area is 154 Å². The Morgan fingerprint density at radius 1 is 1.44 bits per heavy atom. The summed E-state index contributed by atoms with van der Waals surface area (Å²) < 4.78 is 6.39. The van der Waals surface area contributed by atoms with Crippen LogP contribution in [0.3, 0.4) is 0 Å². The molecule has 1 unspecified atom stereocenters. The molecule has 25 heavy (non-hydrogen) atoms.